The Balaban J connectivity index is 1.57. The number of hydrogen-bond donors (Lipinski definition) is 4. The van der Waals surface area contributed by atoms with Crippen molar-refractivity contribution < 1.29 is 13.6 Å². The Kier molecular flexibility index (Phi) is 6.64. The number of nitrogens with zero attached hydrogens (tertiary/aromatic N) is 3. The van der Waals surface area contributed by atoms with Gasteiger partial charge in [0.1, 0.15) is 22.1 Å². The van der Waals surface area contributed by atoms with E-state index in [1.807, 2.05) is 0 Å². The van der Waals surface area contributed by atoms with E-state index in [1.165, 1.54) is 24.0 Å². The molecule has 0 unspecified atom stereocenters. The zero-order valence-corrected chi connectivity index (χ0v) is 17.8. The smallest absolute Gasteiger partial charge is 0.275 e. The van der Waals surface area contributed by atoms with Crippen LogP contribution in [0.5, 0.6) is 0 Å². The number of aromatic nitrogens is 4. The van der Waals surface area contributed by atoms with Gasteiger partial charge < -0.3 is 10.6 Å². The number of halogens is 2. The molecule has 32 heavy (non-hydrogen) atoms. The fourth-order valence-corrected chi connectivity index (χ4v) is 4.21. The molecule has 1 saturated carbocycles. The normalized spacial score (nSPS) is 14.9. The van der Waals surface area contributed by atoms with E-state index in [9.17, 15) is 13.6 Å². The maximum absolute atomic E-state index is 14.2. The number of aromatic amines is 1. The molecule has 0 spiro atoms. The highest BCUT2D eigenvalue weighted by Crippen LogP contribution is 2.23. The topological polar surface area (TPSA) is 119 Å². The van der Waals surface area contributed by atoms with Gasteiger partial charge in [-0.1, -0.05) is 19.3 Å². The van der Waals surface area contributed by atoms with E-state index in [1.54, 1.807) is 17.8 Å². The van der Waals surface area contributed by atoms with E-state index in [0.29, 0.717) is 5.01 Å². The number of thiazole rings is 1. The summed E-state index contributed by atoms with van der Waals surface area (Å²) in [6.45, 7) is 0. The summed E-state index contributed by atoms with van der Waals surface area (Å²) in [4.78, 5) is 20.6. The van der Waals surface area contributed by atoms with Crippen LogP contribution in [0.2, 0.25) is 0 Å². The average Bonchev–Trinajstić information content (AvgIpc) is 3.50. The van der Waals surface area contributed by atoms with Crippen LogP contribution in [-0.2, 0) is 0 Å². The van der Waals surface area contributed by atoms with Crippen molar-refractivity contribution in [1.82, 2.24) is 30.8 Å². The summed E-state index contributed by atoms with van der Waals surface area (Å²) in [6.07, 6.45) is 9.96. The molecule has 4 N–H and O–H groups in total. The van der Waals surface area contributed by atoms with Crippen molar-refractivity contribution >= 4 is 23.0 Å². The lowest BCUT2D eigenvalue weighted by Gasteiger charge is -2.22. The van der Waals surface area contributed by atoms with Crippen molar-refractivity contribution in [1.29, 1.82) is 5.41 Å². The highest BCUT2D eigenvalue weighted by molar-refractivity contribution is 7.13. The van der Waals surface area contributed by atoms with Crippen LogP contribution >= 0.6 is 11.3 Å². The number of carbonyl (C=O) groups is 1. The van der Waals surface area contributed by atoms with Crippen LogP contribution in [0.1, 0.15) is 48.3 Å². The third-order valence-corrected chi connectivity index (χ3v) is 6.01. The summed E-state index contributed by atoms with van der Waals surface area (Å²) < 4.78 is 27.8. The molecule has 3 aromatic rings. The molecule has 1 aliphatic rings. The first kappa shape index (κ1) is 21.8. The predicted octanol–water partition coefficient (Wildman–Crippen LogP) is 3.77. The molecule has 0 aromatic carbocycles. The van der Waals surface area contributed by atoms with Crippen molar-refractivity contribution in [2.45, 2.75) is 38.1 Å². The lowest BCUT2D eigenvalue weighted by molar-refractivity contribution is 0.0963. The monoisotopic (exact) mass is 457 g/mol. The number of nitrogens with one attached hydrogen (secondary N) is 4. The minimum Gasteiger partial charge on any atom is -0.386 e. The third kappa shape index (κ3) is 5.05. The first-order valence-electron chi connectivity index (χ1n) is 10.1. The molecule has 1 amide bonds. The standard InChI is InChI=1S/C21H21F2N7OS/c22-14-6-7-17(23)30-19(14)18(24)15(10-25-13-4-2-1-3-5-13)28-20(31)16-11-32-21(29-16)12-8-26-27-9-12/h6-11,13,24-25H,1-5H2,(H,26,27)(H,28,31)/b15-10+,24-18?. The van der Waals surface area contributed by atoms with E-state index in [2.05, 4.69) is 30.8 Å². The van der Waals surface area contributed by atoms with Gasteiger partial charge in [-0.15, -0.1) is 11.3 Å². The van der Waals surface area contributed by atoms with Crippen LogP contribution in [0, 0.1) is 17.2 Å². The van der Waals surface area contributed by atoms with Crippen LogP contribution in [-0.4, -0.2) is 37.8 Å². The van der Waals surface area contributed by atoms with Gasteiger partial charge in [-0.05, 0) is 25.0 Å². The Morgan fingerprint density at radius 3 is 2.78 bits per heavy atom. The molecule has 1 fully saturated rings. The fraction of sp³-hybridized carbons (Fsp3) is 0.286. The summed E-state index contributed by atoms with van der Waals surface area (Å²) >= 11 is 1.27. The molecule has 1 aliphatic carbocycles. The number of rotatable bonds is 7. The molecule has 3 heterocycles. The Morgan fingerprint density at radius 1 is 1.22 bits per heavy atom. The molecule has 11 heteroatoms. The van der Waals surface area contributed by atoms with Crippen LogP contribution in [0.15, 0.2) is 41.8 Å². The maximum Gasteiger partial charge on any atom is 0.275 e. The zero-order chi connectivity index (χ0) is 22.5. The lowest BCUT2D eigenvalue weighted by atomic mass is 9.96. The van der Waals surface area contributed by atoms with Crippen LogP contribution in [0.3, 0.4) is 0 Å². The van der Waals surface area contributed by atoms with Gasteiger partial charge in [0.2, 0.25) is 5.95 Å². The molecule has 0 bridgehead atoms. The molecule has 0 atom stereocenters. The van der Waals surface area contributed by atoms with E-state index in [0.717, 1.165) is 43.4 Å². The minimum atomic E-state index is -0.915. The molecule has 0 radical (unpaired) electrons. The first-order chi connectivity index (χ1) is 15.5. The number of amides is 1. The van der Waals surface area contributed by atoms with Crippen molar-refractivity contribution in [2.24, 2.45) is 0 Å². The van der Waals surface area contributed by atoms with E-state index in [-0.39, 0.29) is 17.4 Å². The highest BCUT2D eigenvalue weighted by atomic mass is 32.1. The molecule has 0 saturated heterocycles. The van der Waals surface area contributed by atoms with Crippen molar-refractivity contribution in [3.8, 4) is 10.6 Å². The number of pyridine rings is 1. The second kappa shape index (κ2) is 9.77. The van der Waals surface area contributed by atoms with Crippen molar-refractivity contribution in [2.75, 3.05) is 0 Å². The molecule has 166 valence electrons. The summed E-state index contributed by atoms with van der Waals surface area (Å²) in [5.74, 6) is -2.35. The molecular formula is C21H21F2N7OS. The number of carbonyl (C=O) groups excluding carboxylic acids is 1. The second-order valence-electron chi connectivity index (χ2n) is 7.38. The fourth-order valence-electron chi connectivity index (χ4n) is 3.43. The molecule has 4 rings (SSSR count). The van der Waals surface area contributed by atoms with Gasteiger partial charge in [0, 0.05) is 29.4 Å². The predicted molar refractivity (Wildman–Crippen MR) is 116 cm³/mol. The zero-order valence-electron chi connectivity index (χ0n) is 17.0. The first-order valence-corrected chi connectivity index (χ1v) is 11.0. The average molecular weight is 458 g/mol. The third-order valence-electron chi connectivity index (χ3n) is 5.12. The van der Waals surface area contributed by atoms with Gasteiger partial charge in [-0.3, -0.25) is 15.3 Å². The largest absolute Gasteiger partial charge is 0.386 e. The lowest BCUT2D eigenvalue weighted by Crippen LogP contribution is -2.33. The van der Waals surface area contributed by atoms with Crippen LogP contribution in [0.25, 0.3) is 10.6 Å². The highest BCUT2D eigenvalue weighted by Gasteiger charge is 2.21. The minimum absolute atomic E-state index is 0.0181. The van der Waals surface area contributed by atoms with Gasteiger partial charge in [0.15, 0.2) is 5.82 Å². The molecule has 0 aliphatic heterocycles. The number of H-pyrrole nitrogens is 1. The molecule has 8 nitrogen and oxygen atoms in total. The van der Waals surface area contributed by atoms with Crippen LogP contribution in [0.4, 0.5) is 8.78 Å². The van der Waals surface area contributed by atoms with Gasteiger partial charge in [-0.2, -0.15) is 9.49 Å². The van der Waals surface area contributed by atoms with E-state index < -0.39 is 29.1 Å². The Morgan fingerprint density at radius 2 is 2.03 bits per heavy atom. The number of allylic oxidation sites excluding steroid dienone is 1. The maximum atomic E-state index is 14.2. The molecule has 3 aromatic heterocycles. The Bertz CT molecular complexity index is 1140. The summed E-state index contributed by atoms with van der Waals surface area (Å²) in [7, 11) is 0. The van der Waals surface area contributed by atoms with Gasteiger partial charge in [0.05, 0.1) is 11.9 Å². The Hall–Kier alpha value is -3.47. The summed E-state index contributed by atoms with van der Waals surface area (Å²) in [6, 6.07) is 1.96. The quantitative estimate of drug-likeness (QED) is 0.318. The SMILES string of the molecule is N=C(/C(=C\NC1CCCCC1)NC(=O)c1csc(-c2cn[nH]c2)n1)c1nc(F)ccc1F. The number of hydrogen-bond acceptors (Lipinski definition) is 7. The molecular weight excluding hydrogens is 436 g/mol. The summed E-state index contributed by atoms with van der Waals surface area (Å²) in [5.41, 5.74) is -0.0727. The van der Waals surface area contributed by atoms with Crippen molar-refractivity contribution in [3.63, 3.8) is 0 Å². The van der Waals surface area contributed by atoms with Crippen LogP contribution < -0.4 is 10.6 Å². The Labute approximate surface area is 186 Å². The van der Waals surface area contributed by atoms with Gasteiger partial charge in [-0.25, -0.2) is 14.4 Å². The van der Waals surface area contributed by atoms with Gasteiger partial charge >= 0.3 is 0 Å². The van der Waals surface area contributed by atoms with E-state index >= 15 is 0 Å². The second-order valence-corrected chi connectivity index (χ2v) is 8.24. The van der Waals surface area contributed by atoms with E-state index in [4.69, 9.17) is 5.41 Å². The van der Waals surface area contributed by atoms with Crippen molar-refractivity contribution in [3.05, 3.63) is 65.0 Å². The van der Waals surface area contributed by atoms with Gasteiger partial charge in [0.25, 0.3) is 5.91 Å². The summed E-state index contributed by atoms with van der Waals surface area (Å²) in [5, 5.41) is 22.9.